The predicted octanol–water partition coefficient (Wildman–Crippen LogP) is 13.2. The standard InChI is InChI=1S/C46H28O/c1-2-12-33-28-34(25-20-29(33)10-1)44-39-16-7-5-14-37(39)43(38-15-6-8-17-40(38)44)32-23-21-31(22-24-32)36-18-9-19-41-45-35-13-4-3-11-30(35)26-27-42(45)47-46(36)41/h1-28H. The largest absolute Gasteiger partial charge is 0.455 e. The van der Waals surface area contributed by atoms with Crippen molar-refractivity contribution in [1.29, 1.82) is 0 Å². The summed E-state index contributed by atoms with van der Waals surface area (Å²) in [6.45, 7) is 0. The predicted molar refractivity (Wildman–Crippen MR) is 200 cm³/mol. The topological polar surface area (TPSA) is 13.1 Å². The Labute approximate surface area is 271 Å². The number of hydrogen-bond acceptors (Lipinski definition) is 1. The Kier molecular flexibility index (Phi) is 5.64. The van der Waals surface area contributed by atoms with E-state index in [1.165, 1.54) is 70.7 Å². The highest BCUT2D eigenvalue weighted by atomic mass is 16.3. The first kappa shape index (κ1) is 26.1. The van der Waals surface area contributed by atoms with E-state index in [0.29, 0.717) is 0 Å². The molecule has 10 rings (SSSR count). The van der Waals surface area contributed by atoms with Crippen LogP contribution in [-0.2, 0) is 0 Å². The molecule has 0 amide bonds. The van der Waals surface area contributed by atoms with Gasteiger partial charge in [-0.05, 0) is 83.0 Å². The Bertz CT molecular complexity index is 2780. The molecule has 1 heterocycles. The van der Waals surface area contributed by atoms with E-state index in [4.69, 9.17) is 4.42 Å². The third-order valence-corrected chi connectivity index (χ3v) is 9.84. The van der Waals surface area contributed by atoms with Crippen LogP contribution in [-0.4, -0.2) is 0 Å². The van der Waals surface area contributed by atoms with E-state index in [2.05, 4.69) is 170 Å². The van der Waals surface area contributed by atoms with Crippen molar-refractivity contribution < 1.29 is 4.42 Å². The third-order valence-electron chi connectivity index (χ3n) is 9.84. The van der Waals surface area contributed by atoms with Gasteiger partial charge in [-0.3, -0.25) is 0 Å². The van der Waals surface area contributed by atoms with E-state index in [1.54, 1.807) is 0 Å². The second-order valence-corrected chi connectivity index (χ2v) is 12.4. The minimum absolute atomic E-state index is 0.923. The fourth-order valence-corrected chi connectivity index (χ4v) is 7.71. The van der Waals surface area contributed by atoms with Crippen LogP contribution in [0.1, 0.15) is 0 Å². The van der Waals surface area contributed by atoms with Crippen molar-refractivity contribution in [3.8, 4) is 33.4 Å². The normalized spacial score (nSPS) is 11.8. The van der Waals surface area contributed by atoms with Crippen LogP contribution in [0.25, 0.3) is 98.4 Å². The summed E-state index contributed by atoms with van der Waals surface area (Å²) in [6.07, 6.45) is 0. The molecule has 0 aliphatic heterocycles. The molecule has 0 N–H and O–H groups in total. The molecule has 218 valence electrons. The van der Waals surface area contributed by atoms with Gasteiger partial charge in [-0.1, -0.05) is 158 Å². The molecule has 0 spiro atoms. The van der Waals surface area contributed by atoms with E-state index < -0.39 is 0 Å². The minimum Gasteiger partial charge on any atom is -0.455 e. The second kappa shape index (κ2) is 10.2. The van der Waals surface area contributed by atoms with Gasteiger partial charge in [-0.15, -0.1) is 0 Å². The summed E-state index contributed by atoms with van der Waals surface area (Å²) in [5, 5.41) is 12.3. The zero-order valence-electron chi connectivity index (χ0n) is 25.6. The van der Waals surface area contributed by atoms with Crippen molar-refractivity contribution in [2.24, 2.45) is 0 Å². The Hall–Kier alpha value is -6.18. The van der Waals surface area contributed by atoms with Crippen LogP contribution in [0.3, 0.4) is 0 Å². The van der Waals surface area contributed by atoms with Crippen molar-refractivity contribution in [3.05, 3.63) is 170 Å². The lowest BCUT2D eigenvalue weighted by Gasteiger charge is -2.18. The second-order valence-electron chi connectivity index (χ2n) is 12.4. The van der Waals surface area contributed by atoms with Crippen LogP contribution in [0.5, 0.6) is 0 Å². The fourth-order valence-electron chi connectivity index (χ4n) is 7.71. The SMILES string of the molecule is c1ccc2cc(-c3c4ccccc4c(-c4ccc(-c5cccc6c5oc5ccc7ccccc7c56)cc4)c4ccccc34)ccc2c1. The van der Waals surface area contributed by atoms with Crippen molar-refractivity contribution in [3.63, 3.8) is 0 Å². The molecule has 47 heavy (non-hydrogen) atoms. The third kappa shape index (κ3) is 3.97. The first-order valence-corrected chi connectivity index (χ1v) is 16.2. The number of benzene rings is 9. The lowest BCUT2D eigenvalue weighted by molar-refractivity contribution is 0.670. The molecule has 1 heteroatoms. The lowest BCUT2D eigenvalue weighted by Crippen LogP contribution is -1.91. The summed E-state index contributed by atoms with van der Waals surface area (Å²) in [5.41, 5.74) is 9.10. The summed E-state index contributed by atoms with van der Waals surface area (Å²) in [4.78, 5) is 0. The van der Waals surface area contributed by atoms with Crippen LogP contribution in [0.15, 0.2) is 174 Å². The number of para-hydroxylation sites is 1. The van der Waals surface area contributed by atoms with Crippen molar-refractivity contribution >= 4 is 65.0 Å². The average Bonchev–Trinajstić information content (AvgIpc) is 3.53. The van der Waals surface area contributed by atoms with Crippen LogP contribution >= 0.6 is 0 Å². The first-order chi connectivity index (χ1) is 23.3. The molecule has 0 saturated carbocycles. The summed E-state index contributed by atoms with van der Waals surface area (Å²) in [5.74, 6) is 0. The van der Waals surface area contributed by atoms with E-state index in [1.807, 2.05) is 0 Å². The molecule has 0 radical (unpaired) electrons. The summed E-state index contributed by atoms with van der Waals surface area (Å²) in [6, 6.07) is 61.5. The van der Waals surface area contributed by atoms with Gasteiger partial charge in [0.25, 0.3) is 0 Å². The number of rotatable bonds is 3. The monoisotopic (exact) mass is 596 g/mol. The molecule has 1 nitrogen and oxygen atoms in total. The van der Waals surface area contributed by atoms with Crippen molar-refractivity contribution in [2.45, 2.75) is 0 Å². The molecule has 0 unspecified atom stereocenters. The lowest BCUT2D eigenvalue weighted by atomic mass is 9.85. The maximum atomic E-state index is 6.56. The first-order valence-electron chi connectivity index (χ1n) is 16.2. The minimum atomic E-state index is 0.923. The summed E-state index contributed by atoms with van der Waals surface area (Å²) in [7, 11) is 0. The van der Waals surface area contributed by atoms with Crippen LogP contribution in [0.4, 0.5) is 0 Å². The molecule has 0 bridgehead atoms. The Morgan fingerprint density at radius 1 is 0.319 bits per heavy atom. The van der Waals surface area contributed by atoms with Gasteiger partial charge in [0, 0.05) is 16.3 Å². The fraction of sp³-hybridized carbons (Fsp3) is 0. The maximum Gasteiger partial charge on any atom is 0.143 e. The zero-order valence-corrected chi connectivity index (χ0v) is 25.6. The van der Waals surface area contributed by atoms with Gasteiger partial charge < -0.3 is 4.42 Å². The Morgan fingerprint density at radius 2 is 0.830 bits per heavy atom. The van der Waals surface area contributed by atoms with Crippen LogP contribution < -0.4 is 0 Å². The molecular weight excluding hydrogens is 569 g/mol. The van der Waals surface area contributed by atoms with E-state index in [9.17, 15) is 0 Å². The van der Waals surface area contributed by atoms with Gasteiger partial charge in [0.05, 0.1) is 0 Å². The van der Waals surface area contributed by atoms with Crippen molar-refractivity contribution in [2.75, 3.05) is 0 Å². The number of furan rings is 1. The summed E-state index contributed by atoms with van der Waals surface area (Å²) >= 11 is 0. The molecular formula is C46H28O. The summed E-state index contributed by atoms with van der Waals surface area (Å²) < 4.78 is 6.56. The smallest absolute Gasteiger partial charge is 0.143 e. The number of hydrogen-bond donors (Lipinski definition) is 0. The molecule has 10 aromatic rings. The van der Waals surface area contributed by atoms with E-state index >= 15 is 0 Å². The van der Waals surface area contributed by atoms with Crippen molar-refractivity contribution in [1.82, 2.24) is 0 Å². The average molecular weight is 597 g/mol. The highest BCUT2D eigenvalue weighted by molar-refractivity contribution is 6.22. The van der Waals surface area contributed by atoms with Crippen LogP contribution in [0, 0.1) is 0 Å². The maximum absolute atomic E-state index is 6.56. The van der Waals surface area contributed by atoms with Gasteiger partial charge in [-0.25, -0.2) is 0 Å². The van der Waals surface area contributed by atoms with Gasteiger partial charge in [-0.2, -0.15) is 0 Å². The zero-order chi connectivity index (χ0) is 30.9. The molecule has 0 atom stereocenters. The van der Waals surface area contributed by atoms with Crippen LogP contribution in [0.2, 0.25) is 0 Å². The molecule has 1 aromatic heterocycles. The van der Waals surface area contributed by atoms with Gasteiger partial charge >= 0.3 is 0 Å². The molecule has 9 aromatic carbocycles. The Morgan fingerprint density at radius 3 is 1.53 bits per heavy atom. The Balaban J connectivity index is 1.16. The molecule has 0 aliphatic carbocycles. The molecule has 0 aliphatic rings. The number of fused-ring (bicyclic) bond motifs is 8. The highest BCUT2D eigenvalue weighted by Crippen LogP contribution is 2.45. The van der Waals surface area contributed by atoms with E-state index in [-0.39, 0.29) is 0 Å². The molecule has 0 saturated heterocycles. The molecule has 0 fully saturated rings. The van der Waals surface area contributed by atoms with E-state index in [0.717, 1.165) is 27.7 Å². The highest BCUT2D eigenvalue weighted by Gasteiger charge is 2.18. The van der Waals surface area contributed by atoms with Gasteiger partial charge in [0.2, 0.25) is 0 Å². The van der Waals surface area contributed by atoms with Gasteiger partial charge in [0.1, 0.15) is 11.2 Å². The van der Waals surface area contributed by atoms with Gasteiger partial charge in [0.15, 0.2) is 0 Å². The quantitative estimate of drug-likeness (QED) is 0.185.